The second-order valence-electron chi connectivity index (χ2n) is 11.9. The van der Waals surface area contributed by atoms with Gasteiger partial charge in [-0.1, -0.05) is 23.2 Å². The lowest BCUT2D eigenvalue weighted by atomic mass is 10.0. The van der Waals surface area contributed by atoms with E-state index in [-0.39, 0.29) is 0 Å². The van der Waals surface area contributed by atoms with Gasteiger partial charge < -0.3 is 18.7 Å². The van der Waals surface area contributed by atoms with Crippen LogP contribution in [0, 0.1) is 20.8 Å². The molecular formula is C33H39ClN6O6S2. The average molecular weight is 715 g/mol. The Hall–Kier alpha value is -3.95. The molecule has 12 nitrogen and oxygen atoms in total. The minimum atomic E-state index is -3.67. The quantitative estimate of drug-likeness (QED) is 0.168. The van der Waals surface area contributed by atoms with E-state index in [9.17, 15) is 16.8 Å². The number of H-pyrrole nitrogens is 1. The van der Waals surface area contributed by atoms with E-state index in [1.54, 1.807) is 0 Å². The number of hydrogen-bond donors (Lipinski definition) is 3. The molecule has 0 spiro atoms. The number of halogens is 1. The lowest BCUT2D eigenvalue weighted by Crippen LogP contribution is -2.13. The number of nitrogens with zero attached hydrogens (tertiary/aromatic N) is 5. The van der Waals surface area contributed by atoms with Crippen LogP contribution in [0.5, 0.6) is 0 Å². The monoisotopic (exact) mass is 714 g/mol. The van der Waals surface area contributed by atoms with Crippen LogP contribution < -0.4 is 0 Å². The van der Waals surface area contributed by atoms with E-state index in [0.717, 1.165) is 49.1 Å². The van der Waals surface area contributed by atoms with Crippen LogP contribution in [-0.2, 0) is 52.7 Å². The Morgan fingerprint density at radius 3 is 1.98 bits per heavy atom. The van der Waals surface area contributed by atoms with Crippen LogP contribution in [0.25, 0.3) is 44.6 Å². The zero-order valence-electron chi connectivity index (χ0n) is 27.6. The molecule has 2 aliphatic rings. The third-order valence-corrected chi connectivity index (χ3v) is 8.52. The number of benzene rings is 2. The van der Waals surface area contributed by atoms with Crippen molar-refractivity contribution in [3.63, 3.8) is 0 Å². The van der Waals surface area contributed by atoms with Crippen molar-refractivity contribution >= 4 is 53.6 Å². The van der Waals surface area contributed by atoms with Crippen LogP contribution in [-0.4, -0.2) is 67.1 Å². The molecular weight excluding hydrogens is 676 g/mol. The molecule has 0 aliphatic carbocycles. The van der Waals surface area contributed by atoms with Crippen LogP contribution in [0.15, 0.2) is 48.8 Å². The fraction of sp³-hybridized carbons (Fsp3) is 0.333. The first kappa shape index (κ1) is 35.4. The van der Waals surface area contributed by atoms with Crippen LogP contribution in [0.3, 0.4) is 0 Å². The summed E-state index contributed by atoms with van der Waals surface area (Å²) in [5.74, 6) is 2.20. The lowest BCUT2D eigenvalue weighted by Gasteiger charge is -2.19. The van der Waals surface area contributed by atoms with Gasteiger partial charge in [-0.2, -0.15) is 16.8 Å². The van der Waals surface area contributed by atoms with Gasteiger partial charge in [0.25, 0.3) is 20.2 Å². The van der Waals surface area contributed by atoms with Gasteiger partial charge in [-0.25, -0.2) is 9.97 Å². The number of rotatable bonds is 1. The highest BCUT2D eigenvalue weighted by atomic mass is 35.5. The summed E-state index contributed by atoms with van der Waals surface area (Å²) >= 11 is 6.19. The van der Waals surface area contributed by atoms with E-state index in [1.165, 1.54) is 61.3 Å². The first-order valence-electron chi connectivity index (χ1n) is 15.3. The summed E-state index contributed by atoms with van der Waals surface area (Å²) < 4.78 is 58.7. The van der Waals surface area contributed by atoms with E-state index in [4.69, 9.17) is 20.7 Å². The summed E-state index contributed by atoms with van der Waals surface area (Å²) in [5, 5.41) is 3.47. The molecule has 0 atom stereocenters. The number of hydrogen-bond acceptors (Lipinski definition) is 6. The Balaban J connectivity index is 0.000000148. The van der Waals surface area contributed by atoms with Crippen molar-refractivity contribution in [2.24, 2.45) is 0 Å². The van der Waals surface area contributed by atoms with Crippen molar-refractivity contribution < 1.29 is 25.9 Å². The minimum Gasteiger partial charge on any atom is -0.353 e. The molecule has 8 rings (SSSR count). The van der Waals surface area contributed by atoms with Crippen molar-refractivity contribution in [3.05, 3.63) is 82.2 Å². The second kappa shape index (κ2) is 13.5. The number of aromatic amines is 1. The number of fused-ring (bicyclic) bond motifs is 10. The molecule has 15 heteroatoms. The molecule has 48 heavy (non-hydrogen) atoms. The molecule has 6 heterocycles. The first-order valence-corrected chi connectivity index (χ1v) is 19.3. The van der Waals surface area contributed by atoms with Crippen molar-refractivity contribution in [2.75, 3.05) is 12.5 Å². The summed E-state index contributed by atoms with van der Waals surface area (Å²) in [4.78, 5) is 12.5. The lowest BCUT2D eigenvalue weighted by molar-refractivity contribution is 0.488. The van der Waals surface area contributed by atoms with Crippen molar-refractivity contribution in [3.8, 4) is 22.8 Å². The van der Waals surface area contributed by atoms with Crippen molar-refractivity contribution in [1.82, 2.24) is 28.7 Å². The van der Waals surface area contributed by atoms with Crippen LogP contribution in [0.4, 0.5) is 0 Å². The molecule has 0 bridgehead atoms. The standard InChI is InChI=1S/C16H16ClN3.C15H15N3.2CH4O3S/c1-3-19-14-5-4-11(17)8-13(14)12-6-7-20-10(2)18-9-15(20)16(12)19;1-9-3-4-13-12(7-9)11-5-6-18-10(2)16-8-14(18)15(11)17-13;2*1-5(2,3)4/h4-5,8-9H,3,6-7H2,1-2H3;3-4,7-8,17H,5-6H2,1-2H3;2*1H3,(H,2,3,4). The molecule has 6 aromatic rings. The topological polar surface area (TPSA) is 165 Å². The highest BCUT2D eigenvalue weighted by Gasteiger charge is 2.25. The molecule has 0 amide bonds. The summed E-state index contributed by atoms with van der Waals surface area (Å²) in [5.41, 5.74) is 11.7. The number of aryl methyl sites for hydroxylation is 6. The van der Waals surface area contributed by atoms with Gasteiger partial charge in [0.05, 0.1) is 47.7 Å². The number of aromatic nitrogens is 6. The average Bonchev–Trinajstić information content (AvgIpc) is 3.73. The maximum absolute atomic E-state index is 9.19. The maximum atomic E-state index is 9.19. The molecule has 0 saturated heterocycles. The van der Waals surface area contributed by atoms with Gasteiger partial charge in [-0.15, -0.1) is 0 Å². The molecule has 4 aromatic heterocycles. The molecule has 2 aromatic carbocycles. The number of nitrogens with one attached hydrogen (secondary N) is 1. The summed E-state index contributed by atoms with van der Waals surface area (Å²) in [6.45, 7) is 11.5. The van der Waals surface area contributed by atoms with Crippen LogP contribution in [0.2, 0.25) is 5.02 Å². The van der Waals surface area contributed by atoms with Gasteiger partial charge in [-0.3, -0.25) is 9.11 Å². The summed E-state index contributed by atoms with van der Waals surface area (Å²) in [7, 11) is -7.33. The SMILES string of the molecule is CCn1c2c(c3cc(Cl)ccc31)CCn1c-2cnc1C.CS(=O)(=O)O.CS(=O)(=O)O.Cc1ccc2[nH]c3c(c2c1)CCn1c-3cnc1C. The zero-order chi connectivity index (χ0) is 35.1. The molecule has 256 valence electrons. The normalized spacial score (nSPS) is 13.2. The smallest absolute Gasteiger partial charge is 0.261 e. The fourth-order valence-electron chi connectivity index (χ4n) is 6.45. The number of imidazole rings is 2. The Kier molecular flexibility index (Phi) is 9.96. The van der Waals surface area contributed by atoms with E-state index < -0.39 is 20.2 Å². The van der Waals surface area contributed by atoms with Gasteiger partial charge in [0.1, 0.15) is 11.6 Å². The predicted octanol–water partition coefficient (Wildman–Crippen LogP) is 6.25. The highest BCUT2D eigenvalue weighted by molar-refractivity contribution is 7.85. The Bertz CT molecular complexity index is 2320. The van der Waals surface area contributed by atoms with Gasteiger partial charge in [0, 0.05) is 46.5 Å². The Morgan fingerprint density at radius 1 is 0.812 bits per heavy atom. The van der Waals surface area contributed by atoms with Crippen molar-refractivity contribution in [2.45, 2.75) is 60.2 Å². The first-order chi connectivity index (χ1) is 22.4. The molecule has 0 fully saturated rings. The maximum Gasteiger partial charge on any atom is 0.261 e. The predicted molar refractivity (Wildman–Crippen MR) is 190 cm³/mol. The van der Waals surface area contributed by atoms with Gasteiger partial charge in [0.15, 0.2) is 0 Å². The molecule has 0 unspecified atom stereocenters. The van der Waals surface area contributed by atoms with Crippen LogP contribution >= 0.6 is 11.6 Å². The summed E-state index contributed by atoms with van der Waals surface area (Å²) in [6, 6.07) is 12.8. The second-order valence-corrected chi connectivity index (χ2v) is 15.3. The highest BCUT2D eigenvalue weighted by Crippen LogP contribution is 2.39. The van der Waals surface area contributed by atoms with E-state index >= 15 is 0 Å². The van der Waals surface area contributed by atoms with E-state index in [2.05, 4.69) is 86.7 Å². The zero-order valence-corrected chi connectivity index (χ0v) is 30.0. The molecule has 0 radical (unpaired) electrons. The third-order valence-electron chi connectivity index (χ3n) is 8.29. The van der Waals surface area contributed by atoms with E-state index in [1.807, 2.05) is 18.5 Å². The van der Waals surface area contributed by atoms with Gasteiger partial charge in [-0.05, 0) is 82.0 Å². The fourth-order valence-corrected chi connectivity index (χ4v) is 6.62. The minimum absolute atomic E-state index is 0.715. The Labute approximate surface area is 284 Å². The molecule has 2 aliphatic heterocycles. The van der Waals surface area contributed by atoms with E-state index in [0.29, 0.717) is 12.5 Å². The van der Waals surface area contributed by atoms with Gasteiger partial charge in [0.2, 0.25) is 0 Å². The largest absolute Gasteiger partial charge is 0.353 e. The van der Waals surface area contributed by atoms with Crippen molar-refractivity contribution in [1.29, 1.82) is 0 Å². The Morgan fingerprint density at radius 2 is 1.38 bits per heavy atom. The molecule has 3 N–H and O–H groups in total. The van der Waals surface area contributed by atoms with Crippen LogP contribution in [0.1, 0.15) is 35.3 Å². The summed E-state index contributed by atoms with van der Waals surface area (Å²) in [6.07, 6.45) is 7.54. The van der Waals surface area contributed by atoms with Gasteiger partial charge >= 0.3 is 0 Å². The molecule has 0 saturated carbocycles. The third kappa shape index (κ3) is 7.68.